The van der Waals surface area contributed by atoms with Gasteiger partial charge in [0.25, 0.3) is 5.91 Å². The van der Waals surface area contributed by atoms with E-state index in [1.807, 2.05) is 13.8 Å². The maximum Gasteiger partial charge on any atom is 0.256 e. The molecule has 96 valence electrons. The highest BCUT2D eigenvalue weighted by atomic mass is 35.5. The van der Waals surface area contributed by atoms with Crippen molar-refractivity contribution >= 4 is 33.8 Å². The second kappa shape index (κ2) is 5.43. The normalized spacial score (nSPS) is 10.0. The maximum absolute atomic E-state index is 12.1. The number of nitrogens with one attached hydrogen (secondary N) is 1. The number of rotatable bonds is 2. The van der Waals surface area contributed by atoms with Crippen molar-refractivity contribution in [2.24, 2.45) is 0 Å². The SMILES string of the molecule is Cc1sc(NC(=O)c2cccc(Cl)c2)c(C#N)c1C. The summed E-state index contributed by atoms with van der Waals surface area (Å²) in [5.74, 6) is -0.264. The smallest absolute Gasteiger partial charge is 0.256 e. The highest BCUT2D eigenvalue weighted by molar-refractivity contribution is 7.16. The van der Waals surface area contributed by atoms with Crippen molar-refractivity contribution in [1.82, 2.24) is 0 Å². The minimum Gasteiger partial charge on any atom is -0.312 e. The van der Waals surface area contributed by atoms with E-state index in [1.54, 1.807) is 24.3 Å². The van der Waals surface area contributed by atoms with Crippen molar-refractivity contribution in [2.45, 2.75) is 13.8 Å². The van der Waals surface area contributed by atoms with Crippen LogP contribution in [0.15, 0.2) is 24.3 Å². The standard InChI is InChI=1S/C14H11ClN2OS/c1-8-9(2)19-14(12(8)7-16)17-13(18)10-4-3-5-11(15)6-10/h3-6H,1-2H3,(H,17,18). The fourth-order valence-corrected chi connectivity index (χ4v) is 2.85. The lowest BCUT2D eigenvalue weighted by Gasteiger charge is -2.03. The Morgan fingerprint density at radius 2 is 2.16 bits per heavy atom. The van der Waals surface area contributed by atoms with Gasteiger partial charge in [-0.2, -0.15) is 5.26 Å². The minimum atomic E-state index is -0.264. The predicted molar refractivity (Wildman–Crippen MR) is 77.9 cm³/mol. The Bertz CT molecular complexity index is 685. The van der Waals surface area contributed by atoms with Crippen molar-refractivity contribution in [3.05, 3.63) is 50.9 Å². The first-order valence-corrected chi connectivity index (χ1v) is 6.79. The lowest BCUT2D eigenvalue weighted by molar-refractivity contribution is 0.102. The van der Waals surface area contributed by atoms with Gasteiger partial charge in [-0.25, -0.2) is 0 Å². The Hall–Kier alpha value is -1.83. The Kier molecular flexibility index (Phi) is 3.89. The van der Waals surface area contributed by atoms with Gasteiger partial charge in [0.2, 0.25) is 0 Å². The molecule has 2 rings (SSSR count). The van der Waals surface area contributed by atoms with Gasteiger partial charge in [0.05, 0.1) is 5.56 Å². The van der Waals surface area contributed by atoms with Gasteiger partial charge in [-0.05, 0) is 37.6 Å². The van der Waals surface area contributed by atoms with Gasteiger partial charge < -0.3 is 5.32 Å². The van der Waals surface area contributed by atoms with Crippen LogP contribution in [-0.2, 0) is 0 Å². The van der Waals surface area contributed by atoms with Crippen LogP contribution in [0.2, 0.25) is 5.02 Å². The van der Waals surface area contributed by atoms with E-state index in [-0.39, 0.29) is 5.91 Å². The van der Waals surface area contributed by atoms with Gasteiger partial charge in [0, 0.05) is 15.5 Å². The van der Waals surface area contributed by atoms with Crippen molar-refractivity contribution in [3.63, 3.8) is 0 Å². The molecule has 2 aromatic rings. The lowest BCUT2D eigenvalue weighted by atomic mass is 10.2. The molecule has 0 saturated carbocycles. The van der Waals surface area contributed by atoms with Gasteiger partial charge in [-0.15, -0.1) is 11.3 Å². The number of thiophene rings is 1. The van der Waals surface area contributed by atoms with Crippen LogP contribution in [0.3, 0.4) is 0 Å². The molecule has 0 bridgehead atoms. The van der Waals surface area contributed by atoms with Crippen LogP contribution >= 0.6 is 22.9 Å². The molecule has 0 fully saturated rings. The second-order valence-corrected chi connectivity index (χ2v) is 5.72. The summed E-state index contributed by atoms with van der Waals surface area (Å²) in [4.78, 5) is 13.1. The Morgan fingerprint density at radius 3 is 2.79 bits per heavy atom. The molecule has 3 nitrogen and oxygen atoms in total. The largest absolute Gasteiger partial charge is 0.312 e. The first-order valence-electron chi connectivity index (χ1n) is 5.60. The minimum absolute atomic E-state index is 0.264. The summed E-state index contributed by atoms with van der Waals surface area (Å²) in [7, 11) is 0. The first kappa shape index (κ1) is 13.6. The Balaban J connectivity index is 2.30. The van der Waals surface area contributed by atoms with E-state index in [1.165, 1.54) is 11.3 Å². The number of hydrogen-bond acceptors (Lipinski definition) is 3. The predicted octanol–water partition coefficient (Wildman–Crippen LogP) is 4.14. The van der Waals surface area contributed by atoms with Gasteiger partial charge in [-0.1, -0.05) is 17.7 Å². The molecule has 1 amide bonds. The van der Waals surface area contributed by atoms with Crippen molar-refractivity contribution in [2.75, 3.05) is 5.32 Å². The van der Waals surface area contributed by atoms with Crippen LogP contribution in [0.5, 0.6) is 0 Å². The molecule has 0 spiro atoms. The molecule has 0 atom stereocenters. The summed E-state index contributed by atoms with van der Waals surface area (Å²) in [6.45, 7) is 3.80. The molecule has 1 aromatic heterocycles. The van der Waals surface area contributed by atoms with E-state index in [9.17, 15) is 4.79 Å². The summed E-state index contributed by atoms with van der Waals surface area (Å²) >= 11 is 7.26. The Morgan fingerprint density at radius 1 is 1.42 bits per heavy atom. The third-order valence-corrected chi connectivity index (χ3v) is 4.17. The molecular formula is C14H11ClN2OS. The van der Waals surface area contributed by atoms with E-state index in [0.717, 1.165) is 10.4 Å². The summed E-state index contributed by atoms with van der Waals surface area (Å²) < 4.78 is 0. The molecule has 1 aromatic carbocycles. The molecule has 5 heteroatoms. The number of amides is 1. The molecule has 0 aliphatic rings. The van der Waals surface area contributed by atoms with Crippen LogP contribution in [0.1, 0.15) is 26.4 Å². The van der Waals surface area contributed by atoms with Crippen molar-refractivity contribution in [3.8, 4) is 6.07 Å². The third-order valence-electron chi connectivity index (χ3n) is 2.81. The number of carbonyl (C=O) groups is 1. The topological polar surface area (TPSA) is 52.9 Å². The molecule has 1 N–H and O–H groups in total. The van der Waals surface area contributed by atoms with Gasteiger partial charge in [-0.3, -0.25) is 4.79 Å². The number of benzene rings is 1. The first-order chi connectivity index (χ1) is 9.02. The zero-order chi connectivity index (χ0) is 14.0. The van der Waals surface area contributed by atoms with E-state index >= 15 is 0 Å². The summed E-state index contributed by atoms with van der Waals surface area (Å²) in [5, 5.41) is 13.0. The molecule has 0 radical (unpaired) electrons. The molecule has 19 heavy (non-hydrogen) atoms. The number of nitrogens with zero attached hydrogens (tertiary/aromatic N) is 1. The lowest BCUT2D eigenvalue weighted by Crippen LogP contribution is -2.11. The molecule has 0 unspecified atom stereocenters. The van der Waals surface area contributed by atoms with Crippen LogP contribution in [0.25, 0.3) is 0 Å². The van der Waals surface area contributed by atoms with Crippen LogP contribution in [0, 0.1) is 25.2 Å². The van der Waals surface area contributed by atoms with E-state index < -0.39 is 0 Å². The average molecular weight is 291 g/mol. The number of carbonyl (C=O) groups excluding carboxylic acids is 1. The van der Waals surface area contributed by atoms with Gasteiger partial charge in [0.1, 0.15) is 11.1 Å². The highest BCUT2D eigenvalue weighted by Crippen LogP contribution is 2.32. The van der Waals surface area contributed by atoms with Crippen molar-refractivity contribution < 1.29 is 4.79 Å². The number of halogens is 1. The molecule has 0 aliphatic heterocycles. The van der Waals surface area contributed by atoms with Gasteiger partial charge >= 0.3 is 0 Å². The highest BCUT2D eigenvalue weighted by Gasteiger charge is 2.15. The zero-order valence-corrected chi connectivity index (χ0v) is 12.0. The number of anilines is 1. The molecular weight excluding hydrogens is 280 g/mol. The van der Waals surface area contributed by atoms with E-state index in [0.29, 0.717) is 21.2 Å². The fraction of sp³-hybridized carbons (Fsp3) is 0.143. The summed E-state index contributed by atoms with van der Waals surface area (Å²) in [5.41, 5.74) is 1.91. The molecule has 0 aliphatic carbocycles. The molecule has 0 saturated heterocycles. The third kappa shape index (κ3) is 2.78. The number of hydrogen-bond donors (Lipinski definition) is 1. The summed E-state index contributed by atoms with van der Waals surface area (Å²) in [6, 6.07) is 8.82. The second-order valence-electron chi connectivity index (χ2n) is 4.06. The average Bonchev–Trinajstić information content (AvgIpc) is 2.64. The summed E-state index contributed by atoms with van der Waals surface area (Å²) in [6.07, 6.45) is 0. The van der Waals surface area contributed by atoms with E-state index in [2.05, 4.69) is 11.4 Å². The Labute approximate surface area is 120 Å². The molecule has 1 heterocycles. The van der Waals surface area contributed by atoms with Crippen LogP contribution in [-0.4, -0.2) is 5.91 Å². The van der Waals surface area contributed by atoms with Crippen LogP contribution < -0.4 is 5.32 Å². The number of aryl methyl sites for hydroxylation is 1. The maximum atomic E-state index is 12.1. The van der Waals surface area contributed by atoms with Crippen LogP contribution in [0.4, 0.5) is 5.00 Å². The van der Waals surface area contributed by atoms with E-state index in [4.69, 9.17) is 16.9 Å². The van der Waals surface area contributed by atoms with Gasteiger partial charge in [0.15, 0.2) is 0 Å². The quantitative estimate of drug-likeness (QED) is 0.903. The number of nitriles is 1. The zero-order valence-electron chi connectivity index (χ0n) is 10.5. The van der Waals surface area contributed by atoms with Crippen molar-refractivity contribution in [1.29, 1.82) is 5.26 Å². The fourth-order valence-electron chi connectivity index (χ4n) is 1.65. The monoisotopic (exact) mass is 290 g/mol.